The van der Waals surface area contributed by atoms with Crippen molar-refractivity contribution in [3.05, 3.63) is 28.2 Å². The fraction of sp³-hybridized carbons (Fsp3) is 0.300. The van der Waals surface area contributed by atoms with E-state index in [9.17, 15) is 0 Å². The Morgan fingerprint density at radius 3 is 2.88 bits per heavy atom. The second kappa shape index (κ2) is 6.34. The SMILES string of the molecule is COCCOc1ccc(Br)cc1/C(N)=N/O. The number of methoxy groups -OCH3 is 1. The first kappa shape index (κ1) is 12.8. The molecule has 0 aromatic heterocycles. The lowest BCUT2D eigenvalue weighted by Gasteiger charge is -2.10. The summed E-state index contributed by atoms with van der Waals surface area (Å²) in [7, 11) is 1.59. The summed E-state index contributed by atoms with van der Waals surface area (Å²) in [4.78, 5) is 0. The number of hydrogen-bond acceptors (Lipinski definition) is 4. The molecule has 0 aliphatic carbocycles. The smallest absolute Gasteiger partial charge is 0.173 e. The summed E-state index contributed by atoms with van der Waals surface area (Å²) in [6.45, 7) is 0.884. The van der Waals surface area contributed by atoms with Gasteiger partial charge in [-0.25, -0.2) is 0 Å². The van der Waals surface area contributed by atoms with Gasteiger partial charge >= 0.3 is 0 Å². The van der Waals surface area contributed by atoms with Crippen molar-refractivity contribution in [1.82, 2.24) is 0 Å². The first-order valence-electron chi connectivity index (χ1n) is 4.58. The maximum Gasteiger partial charge on any atom is 0.173 e. The first-order chi connectivity index (χ1) is 7.69. The third kappa shape index (κ3) is 3.39. The van der Waals surface area contributed by atoms with Gasteiger partial charge in [-0.05, 0) is 18.2 Å². The van der Waals surface area contributed by atoms with Gasteiger partial charge in [0.2, 0.25) is 0 Å². The van der Waals surface area contributed by atoms with Crippen molar-refractivity contribution < 1.29 is 14.7 Å². The van der Waals surface area contributed by atoms with Crippen LogP contribution in [0.15, 0.2) is 27.8 Å². The van der Waals surface area contributed by atoms with Crippen LogP contribution in [0.3, 0.4) is 0 Å². The Morgan fingerprint density at radius 2 is 2.25 bits per heavy atom. The van der Waals surface area contributed by atoms with Gasteiger partial charge in [-0.3, -0.25) is 0 Å². The van der Waals surface area contributed by atoms with Crippen molar-refractivity contribution in [2.24, 2.45) is 10.9 Å². The van der Waals surface area contributed by atoms with Crippen LogP contribution in [0.25, 0.3) is 0 Å². The van der Waals surface area contributed by atoms with Crippen LogP contribution >= 0.6 is 15.9 Å². The second-order valence-corrected chi connectivity index (χ2v) is 3.88. The zero-order valence-corrected chi connectivity index (χ0v) is 10.4. The van der Waals surface area contributed by atoms with Crippen molar-refractivity contribution in [3.8, 4) is 5.75 Å². The molecule has 0 fully saturated rings. The summed E-state index contributed by atoms with van der Waals surface area (Å²) in [5.41, 5.74) is 6.07. The minimum absolute atomic E-state index is 0.00807. The molecule has 0 aliphatic heterocycles. The van der Waals surface area contributed by atoms with Gasteiger partial charge in [-0.1, -0.05) is 21.1 Å². The molecule has 0 saturated carbocycles. The minimum atomic E-state index is 0.00807. The van der Waals surface area contributed by atoms with Gasteiger partial charge in [-0.2, -0.15) is 0 Å². The van der Waals surface area contributed by atoms with Crippen LogP contribution in [0.2, 0.25) is 0 Å². The molecule has 1 aromatic carbocycles. The molecule has 1 aromatic rings. The molecular weight excluding hydrogens is 276 g/mol. The molecule has 0 heterocycles. The van der Waals surface area contributed by atoms with Gasteiger partial charge in [0.25, 0.3) is 0 Å². The van der Waals surface area contributed by atoms with E-state index in [-0.39, 0.29) is 5.84 Å². The van der Waals surface area contributed by atoms with E-state index in [2.05, 4.69) is 21.1 Å². The number of rotatable bonds is 5. The van der Waals surface area contributed by atoms with E-state index in [1.165, 1.54) is 0 Å². The lowest BCUT2D eigenvalue weighted by Crippen LogP contribution is -2.16. The predicted molar refractivity (Wildman–Crippen MR) is 64.0 cm³/mol. The molecule has 0 saturated heterocycles. The molecule has 1 rings (SSSR count). The fourth-order valence-electron chi connectivity index (χ4n) is 1.12. The standard InChI is InChI=1S/C10H13BrN2O3/c1-15-4-5-16-9-3-2-7(11)6-8(9)10(12)13-14/h2-3,6,14H,4-5H2,1H3,(H2,12,13). The average molecular weight is 289 g/mol. The van der Waals surface area contributed by atoms with E-state index < -0.39 is 0 Å². The molecule has 16 heavy (non-hydrogen) atoms. The van der Waals surface area contributed by atoms with Crippen LogP contribution in [0.1, 0.15) is 5.56 Å². The van der Waals surface area contributed by atoms with Gasteiger partial charge < -0.3 is 20.4 Å². The number of benzene rings is 1. The normalized spacial score (nSPS) is 11.5. The molecule has 0 atom stereocenters. The third-order valence-electron chi connectivity index (χ3n) is 1.87. The van der Waals surface area contributed by atoms with Gasteiger partial charge in [0.15, 0.2) is 5.84 Å². The van der Waals surface area contributed by atoms with E-state index in [1.54, 1.807) is 19.2 Å². The van der Waals surface area contributed by atoms with Gasteiger partial charge in [0, 0.05) is 11.6 Å². The van der Waals surface area contributed by atoms with Crippen LogP contribution in [-0.2, 0) is 4.74 Å². The fourth-order valence-corrected chi connectivity index (χ4v) is 1.48. The van der Waals surface area contributed by atoms with Crippen molar-refractivity contribution in [1.29, 1.82) is 0 Å². The molecule has 5 nitrogen and oxygen atoms in total. The summed E-state index contributed by atoms with van der Waals surface area (Å²) >= 11 is 3.30. The molecule has 6 heteroatoms. The van der Waals surface area contributed by atoms with E-state index >= 15 is 0 Å². The predicted octanol–water partition coefficient (Wildman–Crippen LogP) is 1.57. The van der Waals surface area contributed by atoms with Crippen LogP contribution in [-0.4, -0.2) is 31.4 Å². The van der Waals surface area contributed by atoms with Crippen molar-refractivity contribution >= 4 is 21.8 Å². The molecule has 88 valence electrons. The summed E-state index contributed by atoms with van der Waals surface area (Å²) in [6.07, 6.45) is 0. The van der Waals surface area contributed by atoms with Gasteiger partial charge in [-0.15, -0.1) is 0 Å². The Balaban J connectivity index is 2.89. The number of ether oxygens (including phenoxy) is 2. The number of amidine groups is 1. The molecule has 0 amide bonds. The van der Waals surface area contributed by atoms with E-state index in [1.807, 2.05) is 6.07 Å². The lowest BCUT2D eigenvalue weighted by atomic mass is 10.2. The maximum absolute atomic E-state index is 8.64. The average Bonchev–Trinajstić information content (AvgIpc) is 2.30. The first-order valence-corrected chi connectivity index (χ1v) is 5.37. The number of oxime groups is 1. The minimum Gasteiger partial charge on any atom is -0.490 e. The third-order valence-corrected chi connectivity index (χ3v) is 2.36. The quantitative estimate of drug-likeness (QED) is 0.283. The molecule has 0 bridgehead atoms. The summed E-state index contributed by atoms with van der Waals surface area (Å²) in [6, 6.07) is 5.28. The molecule has 0 radical (unpaired) electrons. The maximum atomic E-state index is 8.64. The van der Waals surface area contributed by atoms with E-state index in [0.29, 0.717) is 24.5 Å². The second-order valence-electron chi connectivity index (χ2n) is 2.97. The Labute approximate surface area is 102 Å². The number of hydrogen-bond donors (Lipinski definition) is 2. The monoisotopic (exact) mass is 288 g/mol. The van der Waals surface area contributed by atoms with E-state index in [4.69, 9.17) is 20.4 Å². The van der Waals surface area contributed by atoms with Crippen molar-refractivity contribution in [3.63, 3.8) is 0 Å². The Bertz CT molecular complexity index is 382. The largest absolute Gasteiger partial charge is 0.490 e. The molecule has 0 spiro atoms. The highest BCUT2D eigenvalue weighted by Crippen LogP contribution is 2.23. The van der Waals surface area contributed by atoms with Gasteiger partial charge in [0.05, 0.1) is 12.2 Å². The molecular formula is C10H13BrN2O3. The summed E-state index contributed by atoms with van der Waals surface area (Å²) in [5.74, 6) is 0.560. The van der Waals surface area contributed by atoms with Crippen LogP contribution in [0, 0.1) is 0 Å². The molecule has 3 N–H and O–H groups in total. The Kier molecular flexibility index (Phi) is 5.07. The van der Waals surface area contributed by atoms with Crippen LogP contribution < -0.4 is 10.5 Å². The lowest BCUT2D eigenvalue weighted by molar-refractivity contribution is 0.146. The zero-order chi connectivity index (χ0) is 12.0. The van der Waals surface area contributed by atoms with Crippen LogP contribution in [0.5, 0.6) is 5.75 Å². The van der Waals surface area contributed by atoms with Crippen molar-refractivity contribution in [2.75, 3.05) is 20.3 Å². The zero-order valence-electron chi connectivity index (χ0n) is 8.81. The number of halogens is 1. The number of nitrogens with zero attached hydrogens (tertiary/aromatic N) is 1. The highest BCUT2D eigenvalue weighted by molar-refractivity contribution is 9.10. The molecule has 0 unspecified atom stereocenters. The number of nitrogens with two attached hydrogens (primary N) is 1. The van der Waals surface area contributed by atoms with Gasteiger partial charge in [0.1, 0.15) is 12.4 Å². The Hall–Kier alpha value is -1.27. The Morgan fingerprint density at radius 1 is 1.50 bits per heavy atom. The summed E-state index contributed by atoms with van der Waals surface area (Å²) < 4.78 is 11.1. The topological polar surface area (TPSA) is 77.1 Å². The van der Waals surface area contributed by atoms with Crippen molar-refractivity contribution in [2.45, 2.75) is 0 Å². The highest BCUT2D eigenvalue weighted by atomic mass is 79.9. The highest BCUT2D eigenvalue weighted by Gasteiger charge is 2.08. The van der Waals surface area contributed by atoms with Crippen LogP contribution in [0.4, 0.5) is 0 Å². The summed E-state index contributed by atoms with van der Waals surface area (Å²) in [5, 5.41) is 11.6. The van der Waals surface area contributed by atoms with E-state index in [0.717, 1.165) is 4.47 Å². The molecule has 0 aliphatic rings.